The Morgan fingerprint density at radius 2 is 2.14 bits per heavy atom. The Morgan fingerprint density at radius 1 is 1.41 bits per heavy atom. The molecule has 0 fully saturated rings. The van der Waals surface area contributed by atoms with E-state index in [4.69, 9.17) is 9.78 Å². The molecule has 0 radical (unpaired) electrons. The van der Waals surface area contributed by atoms with Crippen molar-refractivity contribution in [2.24, 2.45) is 0 Å². The molecule has 1 N–H and O–H groups in total. The minimum absolute atomic E-state index is 0.222. The van der Waals surface area contributed by atoms with E-state index in [-0.39, 0.29) is 18.3 Å². The largest absolute Gasteiger partial charge is 0.360 e. The van der Waals surface area contributed by atoms with E-state index >= 15 is 0 Å². The van der Waals surface area contributed by atoms with Gasteiger partial charge in [-0.3, -0.25) is 9.59 Å². The Morgan fingerprint density at radius 3 is 2.73 bits per heavy atom. The summed E-state index contributed by atoms with van der Waals surface area (Å²) in [4.78, 5) is 25.1. The van der Waals surface area contributed by atoms with E-state index < -0.39 is 5.91 Å². The van der Waals surface area contributed by atoms with Crippen molar-refractivity contribution in [1.82, 2.24) is 5.16 Å². The molecule has 7 heteroatoms. The molecule has 0 saturated carbocycles. The van der Waals surface area contributed by atoms with E-state index in [0.29, 0.717) is 17.0 Å². The van der Waals surface area contributed by atoms with Gasteiger partial charge in [0.05, 0.1) is 11.3 Å². The van der Waals surface area contributed by atoms with Crippen LogP contribution in [-0.2, 0) is 9.59 Å². The first-order valence-corrected chi connectivity index (χ1v) is 6.51. The molecular formula is C15H14N4O3. The normalized spacial score (nSPS) is 9.86. The van der Waals surface area contributed by atoms with Gasteiger partial charge in [-0.2, -0.15) is 5.26 Å². The summed E-state index contributed by atoms with van der Waals surface area (Å²) in [6.07, 6.45) is 0. The fourth-order valence-corrected chi connectivity index (χ4v) is 1.92. The number of nitriles is 1. The second-order valence-corrected chi connectivity index (χ2v) is 4.61. The third kappa shape index (κ3) is 3.49. The number of anilines is 2. The summed E-state index contributed by atoms with van der Waals surface area (Å²) >= 11 is 0. The van der Waals surface area contributed by atoms with E-state index in [1.54, 1.807) is 37.3 Å². The fraction of sp³-hybridized carbons (Fsp3) is 0.200. The van der Waals surface area contributed by atoms with Gasteiger partial charge < -0.3 is 14.7 Å². The van der Waals surface area contributed by atoms with Crippen molar-refractivity contribution in [3.05, 3.63) is 41.7 Å². The Balaban J connectivity index is 2.17. The SMILES string of the molecule is CC(=O)N(CC(=O)Nc1cc(C)on1)c1ccccc1C#N. The Hall–Kier alpha value is -3.14. The van der Waals surface area contributed by atoms with Crippen LogP contribution in [0, 0.1) is 18.3 Å². The molecular weight excluding hydrogens is 284 g/mol. The number of rotatable bonds is 4. The lowest BCUT2D eigenvalue weighted by atomic mass is 10.1. The number of hydrogen-bond donors (Lipinski definition) is 1. The van der Waals surface area contributed by atoms with Crippen molar-refractivity contribution < 1.29 is 14.1 Å². The number of amides is 2. The van der Waals surface area contributed by atoms with E-state index in [9.17, 15) is 9.59 Å². The number of carbonyl (C=O) groups excluding carboxylic acids is 2. The highest BCUT2D eigenvalue weighted by atomic mass is 16.5. The van der Waals surface area contributed by atoms with Crippen molar-refractivity contribution in [3.63, 3.8) is 0 Å². The van der Waals surface area contributed by atoms with Crippen molar-refractivity contribution in [2.45, 2.75) is 13.8 Å². The van der Waals surface area contributed by atoms with Gasteiger partial charge in [0.25, 0.3) is 0 Å². The van der Waals surface area contributed by atoms with Crippen molar-refractivity contribution in [2.75, 3.05) is 16.8 Å². The number of nitrogens with zero attached hydrogens (tertiary/aromatic N) is 3. The van der Waals surface area contributed by atoms with Crippen molar-refractivity contribution in [1.29, 1.82) is 5.26 Å². The Labute approximate surface area is 127 Å². The lowest BCUT2D eigenvalue weighted by Crippen LogP contribution is -2.37. The van der Waals surface area contributed by atoms with Gasteiger partial charge in [-0.1, -0.05) is 17.3 Å². The molecule has 2 rings (SSSR count). The first-order chi connectivity index (χ1) is 10.5. The zero-order valence-corrected chi connectivity index (χ0v) is 12.2. The highest BCUT2D eigenvalue weighted by molar-refractivity contribution is 6.02. The molecule has 0 unspecified atom stereocenters. The Kier molecular flexibility index (Phi) is 4.53. The fourth-order valence-electron chi connectivity index (χ4n) is 1.92. The summed E-state index contributed by atoms with van der Waals surface area (Å²) in [7, 11) is 0. The number of nitrogens with one attached hydrogen (secondary N) is 1. The zero-order valence-electron chi connectivity index (χ0n) is 12.2. The second kappa shape index (κ2) is 6.54. The number of aromatic nitrogens is 1. The second-order valence-electron chi connectivity index (χ2n) is 4.61. The highest BCUT2D eigenvalue weighted by Gasteiger charge is 2.19. The van der Waals surface area contributed by atoms with Crippen LogP contribution in [0.3, 0.4) is 0 Å². The first kappa shape index (κ1) is 15.3. The van der Waals surface area contributed by atoms with Gasteiger partial charge in [-0.05, 0) is 19.1 Å². The van der Waals surface area contributed by atoms with Crippen LogP contribution in [0.25, 0.3) is 0 Å². The highest BCUT2D eigenvalue weighted by Crippen LogP contribution is 2.19. The molecule has 1 aromatic carbocycles. The molecule has 2 amide bonds. The molecule has 0 aliphatic heterocycles. The van der Waals surface area contributed by atoms with Gasteiger partial charge in [-0.25, -0.2) is 0 Å². The van der Waals surface area contributed by atoms with Crippen LogP contribution in [-0.4, -0.2) is 23.5 Å². The van der Waals surface area contributed by atoms with Crippen LogP contribution in [0.4, 0.5) is 11.5 Å². The predicted octanol–water partition coefficient (Wildman–Crippen LogP) is 1.85. The molecule has 1 aromatic heterocycles. The monoisotopic (exact) mass is 298 g/mol. The lowest BCUT2D eigenvalue weighted by molar-refractivity contribution is -0.120. The van der Waals surface area contributed by atoms with Crippen LogP contribution in [0.15, 0.2) is 34.9 Å². The molecule has 1 heterocycles. The summed E-state index contributed by atoms with van der Waals surface area (Å²) in [5.41, 5.74) is 0.715. The van der Waals surface area contributed by atoms with Crippen LogP contribution >= 0.6 is 0 Å². The minimum atomic E-state index is -0.434. The number of benzene rings is 1. The topological polar surface area (TPSA) is 99.2 Å². The van der Waals surface area contributed by atoms with Crippen molar-refractivity contribution >= 4 is 23.3 Å². The third-order valence-electron chi connectivity index (χ3n) is 2.89. The minimum Gasteiger partial charge on any atom is -0.360 e. The van der Waals surface area contributed by atoms with Crippen LogP contribution < -0.4 is 10.2 Å². The average Bonchev–Trinajstić information content (AvgIpc) is 2.89. The maximum absolute atomic E-state index is 12.0. The standard InChI is InChI=1S/C15H14N4O3/c1-10-7-14(18-22-10)17-15(21)9-19(11(2)20)13-6-4-3-5-12(13)8-16/h3-7H,9H2,1-2H3,(H,17,18,21). The number of aryl methyl sites for hydroxylation is 1. The maximum atomic E-state index is 12.0. The van der Waals surface area contributed by atoms with Gasteiger partial charge in [0.1, 0.15) is 18.4 Å². The quantitative estimate of drug-likeness (QED) is 0.928. The van der Waals surface area contributed by atoms with Crippen molar-refractivity contribution in [3.8, 4) is 6.07 Å². The summed E-state index contributed by atoms with van der Waals surface area (Å²) in [5, 5.41) is 15.3. The summed E-state index contributed by atoms with van der Waals surface area (Å²) in [6.45, 7) is 2.81. The lowest BCUT2D eigenvalue weighted by Gasteiger charge is -2.21. The van der Waals surface area contributed by atoms with E-state index in [1.165, 1.54) is 11.8 Å². The number of hydrogen-bond acceptors (Lipinski definition) is 5. The molecule has 22 heavy (non-hydrogen) atoms. The van der Waals surface area contributed by atoms with Crippen LogP contribution in [0.5, 0.6) is 0 Å². The molecule has 112 valence electrons. The van der Waals surface area contributed by atoms with Crippen LogP contribution in [0.1, 0.15) is 18.2 Å². The molecule has 0 saturated heterocycles. The maximum Gasteiger partial charge on any atom is 0.245 e. The predicted molar refractivity (Wildman–Crippen MR) is 79.1 cm³/mol. The van der Waals surface area contributed by atoms with Gasteiger partial charge >= 0.3 is 0 Å². The molecule has 0 bridgehead atoms. The van der Waals surface area contributed by atoms with Gasteiger partial charge in [0.15, 0.2) is 5.82 Å². The van der Waals surface area contributed by atoms with E-state index in [1.807, 2.05) is 6.07 Å². The van der Waals surface area contributed by atoms with Gasteiger partial charge in [0, 0.05) is 13.0 Å². The molecule has 2 aromatic rings. The number of carbonyl (C=O) groups is 2. The molecule has 0 aliphatic rings. The summed E-state index contributed by atoms with van der Waals surface area (Å²) in [6, 6.07) is 10.2. The number of para-hydroxylation sites is 1. The Bertz CT molecular complexity index is 745. The smallest absolute Gasteiger partial charge is 0.245 e. The average molecular weight is 298 g/mol. The molecule has 0 spiro atoms. The van der Waals surface area contributed by atoms with Gasteiger partial charge in [-0.15, -0.1) is 0 Å². The van der Waals surface area contributed by atoms with Gasteiger partial charge in [0.2, 0.25) is 11.8 Å². The summed E-state index contributed by atoms with van der Waals surface area (Å²) in [5.74, 6) is 0.0681. The third-order valence-corrected chi connectivity index (χ3v) is 2.89. The van der Waals surface area contributed by atoms with E-state index in [2.05, 4.69) is 10.5 Å². The first-order valence-electron chi connectivity index (χ1n) is 6.51. The zero-order chi connectivity index (χ0) is 16.1. The van der Waals surface area contributed by atoms with Crippen LogP contribution in [0.2, 0.25) is 0 Å². The molecule has 7 nitrogen and oxygen atoms in total. The molecule has 0 aliphatic carbocycles. The molecule has 0 atom stereocenters. The van der Waals surface area contributed by atoms with E-state index in [0.717, 1.165) is 0 Å². The summed E-state index contributed by atoms with van der Waals surface area (Å²) < 4.78 is 4.85.